The highest BCUT2D eigenvalue weighted by Gasteiger charge is 2.09. The molecule has 0 bridgehead atoms. The molecule has 30 heavy (non-hydrogen) atoms. The van der Waals surface area contributed by atoms with Gasteiger partial charge in [-0.3, -0.25) is 4.99 Å². The molecular formula is C20H23ClIN5O3. The SMILES string of the molecule is CN=C(NCCOc1ccc(OC)cc1)NCc1nc(-c2cccc(Cl)c2)no1.I. The van der Waals surface area contributed by atoms with Crippen molar-refractivity contribution in [2.45, 2.75) is 6.54 Å². The number of methoxy groups -OCH3 is 1. The van der Waals surface area contributed by atoms with Crippen molar-refractivity contribution in [1.29, 1.82) is 0 Å². The molecule has 2 N–H and O–H groups in total. The molecule has 8 nitrogen and oxygen atoms in total. The number of nitrogens with zero attached hydrogens (tertiary/aromatic N) is 3. The molecule has 2 aromatic carbocycles. The first-order valence-electron chi connectivity index (χ1n) is 8.98. The predicted molar refractivity (Wildman–Crippen MR) is 127 cm³/mol. The molecule has 0 saturated heterocycles. The standard InChI is InChI=1S/C20H22ClN5O3.HI/c1-22-20(23-10-11-28-17-8-6-16(27-2)7-9-17)24-13-18-25-19(26-29-18)14-4-3-5-15(21)12-14;/h3-9,12H,10-11,13H2,1-2H3,(H2,22,23,24);1H. The average Bonchev–Trinajstić information content (AvgIpc) is 3.23. The first kappa shape index (κ1) is 23.7. The summed E-state index contributed by atoms with van der Waals surface area (Å²) in [6.45, 7) is 1.39. The van der Waals surface area contributed by atoms with E-state index in [0.717, 1.165) is 17.1 Å². The Kier molecular flexibility index (Phi) is 9.68. The fourth-order valence-corrected chi connectivity index (χ4v) is 2.65. The van der Waals surface area contributed by atoms with E-state index in [4.69, 9.17) is 25.6 Å². The number of hydrogen-bond acceptors (Lipinski definition) is 6. The van der Waals surface area contributed by atoms with Gasteiger partial charge in [-0.05, 0) is 36.4 Å². The minimum Gasteiger partial charge on any atom is -0.497 e. The van der Waals surface area contributed by atoms with Crippen LogP contribution in [0.3, 0.4) is 0 Å². The maximum atomic E-state index is 6.00. The minimum atomic E-state index is 0. The molecule has 0 radical (unpaired) electrons. The number of benzene rings is 2. The second-order valence-corrected chi connectivity index (χ2v) is 6.34. The number of hydrogen-bond donors (Lipinski definition) is 2. The van der Waals surface area contributed by atoms with Crippen LogP contribution >= 0.6 is 35.6 Å². The fraction of sp³-hybridized carbons (Fsp3) is 0.250. The summed E-state index contributed by atoms with van der Waals surface area (Å²) in [6, 6.07) is 14.7. The van der Waals surface area contributed by atoms with Crippen LogP contribution in [0.5, 0.6) is 11.5 Å². The Bertz CT molecular complexity index is 950. The van der Waals surface area contributed by atoms with E-state index < -0.39 is 0 Å². The van der Waals surface area contributed by atoms with Crippen molar-refractivity contribution in [1.82, 2.24) is 20.8 Å². The zero-order valence-electron chi connectivity index (χ0n) is 16.6. The first-order valence-corrected chi connectivity index (χ1v) is 9.35. The molecule has 10 heteroatoms. The van der Waals surface area contributed by atoms with Crippen LogP contribution in [0, 0.1) is 0 Å². The van der Waals surface area contributed by atoms with Crippen LogP contribution in [0.4, 0.5) is 0 Å². The number of aliphatic imine (C=N–C) groups is 1. The van der Waals surface area contributed by atoms with Crippen molar-refractivity contribution in [2.75, 3.05) is 27.3 Å². The van der Waals surface area contributed by atoms with Gasteiger partial charge in [0.1, 0.15) is 18.1 Å². The van der Waals surface area contributed by atoms with Crippen molar-refractivity contribution < 1.29 is 14.0 Å². The Balaban J connectivity index is 0.00000320. The number of ether oxygens (including phenoxy) is 2. The maximum Gasteiger partial charge on any atom is 0.246 e. The number of rotatable bonds is 8. The van der Waals surface area contributed by atoms with Crippen LogP contribution in [0.15, 0.2) is 58.0 Å². The third kappa shape index (κ3) is 7.06. The molecule has 0 amide bonds. The van der Waals surface area contributed by atoms with Gasteiger partial charge in [0, 0.05) is 17.6 Å². The summed E-state index contributed by atoms with van der Waals surface area (Å²) in [4.78, 5) is 8.52. The van der Waals surface area contributed by atoms with Crippen LogP contribution < -0.4 is 20.1 Å². The molecule has 0 aliphatic carbocycles. The second kappa shape index (κ2) is 12.2. The van der Waals surface area contributed by atoms with Crippen molar-refractivity contribution >= 4 is 41.5 Å². The van der Waals surface area contributed by atoms with E-state index in [1.807, 2.05) is 36.4 Å². The van der Waals surface area contributed by atoms with Crippen LogP contribution in [0.1, 0.15) is 5.89 Å². The van der Waals surface area contributed by atoms with Crippen LogP contribution in [-0.4, -0.2) is 43.4 Å². The normalized spacial score (nSPS) is 10.8. The molecule has 3 aromatic rings. The monoisotopic (exact) mass is 543 g/mol. The number of halogens is 2. The lowest BCUT2D eigenvalue weighted by atomic mass is 10.2. The minimum absolute atomic E-state index is 0. The quantitative estimate of drug-likeness (QED) is 0.193. The Morgan fingerprint density at radius 2 is 1.90 bits per heavy atom. The summed E-state index contributed by atoms with van der Waals surface area (Å²) in [5, 5.41) is 10.9. The third-order valence-corrected chi connectivity index (χ3v) is 4.14. The summed E-state index contributed by atoms with van der Waals surface area (Å²) < 4.78 is 16.1. The van der Waals surface area contributed by atoms with Crippen LogP contribution in [0.2, 0.25) is 5.02 Å². The topological polar surface area (TPSA) is 93.8 Å². The number of nitrogens with one attached hydrogen (secondary N) is 2. The fourth-order valence-electron chi connectivity index (χ4n) is 2.46. The predicted octanol–water partition coefficient (Wildman–Crippen LogP) is 3.76. The van der Waals surface area contributed by atoms with E-state index in [0.29, 0.717) is 42.4 Å². The molecule has 0 spiro atoms. The Morgan fingerprint density at radius 3 is 2.60 bits per heavy atom. The summed E-state index contributed by atoms with van der Waals surface area (Å²) in [5.41, 5.74) is 0.797. The Hall–Kier alpha value is -2.53. The lowest BCUT2D eigenvalue weighted by Crippen LogP contribution is -2.38. The summed E-state index contributed by atoms with van der Waals surface area (Å²) in [7, 11) is 3.32. The van der Waals surface area contributed by atoms with Crippen molar-refractivity contribution in [3.05, 3.63) is 59.4 Å². The highest BCUT2D eigenvalue weighted by atomic mass is 127. The molecule has 0 unspecified atom stereocenters. The molecule has 1 heterocycles. The smallest absolute Gasteiger partial charge is 0.246 e. The Morgan fingerprint density at radius 1 is 1.13 bits per heavy atom. The largest absolute Gasteiger partial charge is 0.497 e. The molecule has 3 rings (SSSR count). The maximum absolute atomic E-state index is 6.00. The number of guanidine groups is 1. The third-order valence-electron chi connectivity index (χ3n) is 3.90. The van der Waals surface area contributed by atoms with Crippen LogP contribution in [-0.2, 0) is 6.54 Å². The zero-order valence-corrected chi connectivity index (χ0v) is 19.7. The van der Waals surface area contributed by atoms with E-state index in [9.17, 15) is 0 Å². The second-order valence-electron chi connectivity index (χ2n) is 5.90. The average molecular weight is 544 g/mol. The summed E-state index contributed by atoms with van der Waals surface area (Å²) >= 11 is 6.00. The van der Waals surface area contributed by atoms with Gasteiger partial charge in [-0.25, -0.2) is 0 Å². The molecule has 0 aliphatic heterocycles. The van der Waals surface area contributed by atoms with E-state index in [1.54, 1.807) is 26.3 Å². The molecule has 0 saturated carbocycles. The van der Waals surface area contributed by atoms with E-state index >= 15 is 0 Å². The van der Waals surface area contributed by atoms with Crippen molar-refractivity contribution in [3.63, 3.8) is 0 Å². The molecule has 1 aromatic heterocycles. The first-order chi connectivity index (χ1) is 14.2. The van der Waals surface area contributed by atoms with Gasteiger partial charge in [0.25, 0.3) is 0 Å². The molecule has 0 aliphatic rings. The van der Waals surface area contributed by atoms with Gasteiger partial charge >= 0.3 is 0 Å². The van der Waals surface area contributed by atoms with E-state index in [2.05, 4.69) is 25.8 Å². The van der Waals surface area contributed by atoms with Gasteiger partial charge < -0.3 is 24.6 Å². The van der Waals surface area contributed by atoms with Gasteiger partial charge in [-0.1, -0.05) is 28.9 Å². The summed E-state index contributed by atoms with van der Waals surface area (Å²) in [6.07, 6.45) is 0. The highest BCUT2D eigenvalue weighted by Crippen LogP contribution is 2.20. The van der Waals surface area contributed by atoms with Gasteiger partial charge in [0.05, 0.1) is 20.2 Å². The number of aromatic nitrogens is 2. The van der Waals surface area contributed by atoms with Gasteiger partial charge in [0.15, 0.2) is 5.96 Å². The molecule has 0 atom stereocenters. The zero-order chi connectivity index (χ0) is 20.5. The lowest BCUT2D eigenvalue weighted by molar-refractivity contribution is 0.320. The molecular weight excluding hydrogens is 521 g/mol. The van der Waals surface area contributed by atoms with E-state index in [1.165, 1.54) is 0 Å². The molecule has 0 fully saturated rings. The van der Waals surface area contributed by atoms with Gasteiger partial charge in [-0.15, -0.1) is 24.0 Å². The molecule has 160 valence electrons. The van der Waals surface area contributed by atoms with Crippen LogP contribution in [0.25, 0.3) is 11.4 Å². The van der Waals surface area contributed by atoms with Gasteiger partial charge in [0.2, 0.25) is 11.7 Å². The van der Waals surface area contributed by atoms with Gasteiger partial charge in [-0.2, -0.15) is 4.98 Å². The van der Waals surface area contributed by atoms with Crippen molar-refractivity contribution in [3.8, 4) is 22.9 Å². The van der Waals surface area contributed by atoms with Crippen molar-refractivity contribution in [2.24, 2.45) is 4.99 Å². The Labute approximate surface area is 197 Å². The lowest BCUT2D eigenvalue weighted by Gasteiger charge is -2.11. The summed E-state index contributed by atoms with van der Waals surface area (Å²) in [5.74, 6) is 3.10. The van der Waals surface area contributed by atoms with E-state index in [-0.39, 0.29) is 24.0 Å². The highest BCUT2D eigenvalue weighted by molar-refractivity contribution is 14.0.